The van der Waals surface area contributed by atoms with Crippen molar-refractivity contribution in [2.75, 3.05) is 17.9 Å². The van der Waals surface area contributed by atoms with Gasteiger partial charge in [0.25, 0.3) is 15.9 Å². The van der Waals surface area contributed by atoms with Crippen LogP contribution in [0.4, 0.5) is 18.9 Å². The molecule has 4 rings (SSSR count). The Kier molecular flexibility index (Phi) is 8.41. The Balaban J connectivity index is 1.71. The van der Waals surface area contributed by atoms with E-state index in [2.05, 4.69) is 9.98 Å². The Morgan fingerprint density at radius 1 is 1.15 bits per heavy atom. The molecule has 1 saturated heterocycles. The van der Waals surface area contributed by atoms with Gasteiger partial charge in [0.15, 0.2) is 5.82 Å². The van der Waals surface area contributed by atoms with Crippen molar-refractivity contribution in [2.45, 2.75) is 29.7 Å². The van der Waals surface area contributed by atoms with E-state index in [1.54, 1.807) is 0 Å². The third-order valence-electron chi connectivity index (χ3n) is 6.06. The van der Waals surface area contributed by atoms with Crippen LogP contribution in [-0.4, -0.2) is 50.5 Å². The van der Waals surface area contributed by atoms with Crippen molar-refractivity contribution in [1.82, 2.24) is 4.98 Å². The van der Waals surface area contributed by atoms with Crippen LogP contribution in [0.2, 0.25) is 0 Å². The minimum atomic E-state index is -4.72. The molecule has 2 aromatic carbocycles. The number of nitrogens with zero attached hydrogens (tertiary/aromatic N) is 2. The second-order valence-electron chi connectivity index (χ2n) is 8.72. The molecule has 9 nitrogen and oxygen atoms in total. The average molecular weight is 560 g/mol. The SMILES string of the molecule is N=C(c1cccc(NS(=O)(=O)c2cc(F)ccc2F)c1F)C(C=NC1CCOCC1)c1ccnc(C(N)=O)c1. The number of hydrogen-bond donors (Lipinski definition) is 3. The highest BCUT2D eigenvalue weighted by molar-refractivity contribution is 7.92. The van der Waals surface area contributed by atoms with Crippen LogP contribution in [0.25, 0.3) is 0 Å². The second kappa shape index (κ2) is 11.7. The zero-order valence-corrected chi connectivity index (χ0v) is 21.2. The first-order chi connectivity index (χ1) is 18.6. The normalized spacial score (nSPS) is 15.3. The summed E-state index contributed by atoms with van der Waals surface area (Å²) < 4.78 is 76.1. The second-order valence-corrected chi connectivity index (χ2v) is 10.4. The summed E-state index contributed by atoms with van der Waals surface area (Å²) in [6, 6.07) is 8.34. The molecule has 1 unspecified atom stereocenters. The molecule has 1 aliphatic heterocycles. The van der Waals surface area contributed by atoms with Crippen LogP contribution in [0.5, 0.6) is 0 Å². The van der Waals surface area contributed by atoms with Gasteiger partial charge in [0.1, 0.15) is 22.2 Å². The average Bonchev–Trinajstić information content (AvgIpc) is 2.92. The molecule has 1 atom stereocenters. The molecule has 13 heteroatoms. The van der Waals surface area contributed by atoms with Gasteiger partial charge in [-0.05, 0) is 54.8 Å². The van der Waals surface area contributed by atoms with Crippen LogP contribution in [-0.2, 0) is 14.8 Å². The van der Waals surface area contributed by atoms with E-state index in [1.165, 1.54) is 36.7 Å². The third-order valence-corrected chi connectivity index (χ3v) is 7.44. The maximum Gasteiger partial charge on any atom is 0.267 e. The largest absolute Gasteiger partial charge is 0.381 e. The number of amides is 1. The van der Waals surface area contributed by atoms with Gasteiger partial charge in [0.2, 0.25) is 0 Å². The highest BCUT2D eigenvalue weighted by atomic mass is 32.2. The van der Waals surface area contributed by atoms with Gasteiger partial charge in [-0.1, -0.05) is 12.1 Å². The number of halogens is 3. The Labute approximate surface area is 222 Å². The van der Waals surface area contributed by atoms with E-state index in [1.807, 2.05) is 4.72 Å². The number of primary amides is 1. The zero-order valence-electron chi connectivity index (χ0n) is 20.4. The van der Waals surface area contributed by atoms with Crippen molar-refractivity contribution in [3.8, 4) is 0 Å². The minimum Gasteiger partial charge on any atom is -0.381 e. The molecule has 0 aliphatic carbocycles. The van der Waals surface area contributed by atoms with Crippen molar-refractivity contribution in [1.29, 1.82) is 5.41 Å². The number of benzene rings is 2. The summed E-state index contributed by atoms with van der Waals surface area (Å²) >= 11 is 0. The molecular formula is C26H24F3N5O4S. The highest BCUT2D eigenvalue weighted by Gasteiger charge is 2.26. The van der Waals surface area contributed by atoms with Gasteiger partial charge in [0.05, 0.1) is 23.4 Å². The zero-order chi connectivity index (χ0) is 28.2. The summed E-state index contributed by atoms with van der Waals surface area (Å²) in [5.74, 6) is -5.09. The highest BCUT2D eigenvalue weighted by Crippen LogP contribution is 2.28. The van der Waals surface area contributed by atoms with Gasteiger partial charge in [-0.3, -0.25) is 19.5 Å². The Bertz CT molecular complexity index is 1540. The van der Waals surface area contributed by atoms with Crippen LogP contribution in [0.3, 0.4) is 0 Å². The van der Waals surface area contributed by atoms with Gasteiger partial charge in [-0.15, -0.1) is 0 Å². The number of nitrogens with two attached hydrogens (primary N) is 1. The molecule has 39 heavy (non-hydrogen) atoms. The molecule has 0 saturated carbocycles. The van der Waals surface area contributed by atoms with Crippen molar-refractivity contribution in [3.05, 3.63) is 89.0 Å². The van der Waals surface area contributed by atoms with Crippen LogP contribution in [0, 0.1) is 22.9 Å². The topological polar surface area (TPSA) is 148 Å². The summed E-state index contributed by atoms with van der Waals surface area (Å²) in [5.41, 5.74) is 4.51. The van der Waals surface area contributed by atoms with Gasteiger partial charge < -0.3 is 15.9 Å². The van der Waals surface area contributed by atoms with E-state index in [9.17, 15) is 22.0 Å². The lowest BCUT2D eigenvalue weighted by Crippen LogP contribution is -2.22. The smallest absolute Gasteiger partial charge is 0.267 e. The number of pyridine rings is 1. The summed E-state index contributed by atoms with van der Waals surface area (Å²) in [6.45, 7) is 1.04. The monoisotopic (exact) mass is 559 g/mol. The van der Waals surface area contributed by atoms with Crippen molar-refractivity contribution < 1.29 is 31.1 Å². The van der Waals surface area contributed by atoms with E-state index in [0.29, 0.717) is 43.8 Å². The summed E-state index contributed by atoms with van der Waals surface area (Å²) in [4.78, 5) is 19.2. The lowest BCUT2D eigenvalue weighted by atomic mass is 9.90. The number of nitrogens with one attached hydrogen (secondary N) is 2. The molecule has 2 heterocycles. The molecule has 0 bridgehead atoms. The molecule has 1 aliphatic rings. The molecule has 3 aromatic rings. The number of anilines is 1. The van der Waals surface area contributed by atoms with Crippen LogP contribution in [0.15, 0.2) is 64.6 Å². The maximum absolute atomic E-state index is 15.6. The Morgan fingerprint density at radius 2 is 1.90 bits per heavy atom. The molecular weight excluding hydrogens is 535 g/mol. The predicted octanol–water partition coefficient (Wildman–Crippen LogP) is 3.80. The summed E-state index contributed by atoms with van der Waals surface area (Å²) in [5, 5.41) is 8.84. The number of carbonyl (C=O) groups excluding carboxylic acids is 1. The van der Waals surface area contributed by atoms with Crippen molar-refractivity contribution in [3.63, 3.8) is 0 Å². The van der Waals surface area contributed by atoms with Crippen LogP contribution in [0.1, 0.15) is 40.4 Å². The molecule has 204 valence electrons. The van der Waals surface area contributed by atoms with Crippen LogP contribution >= 0.6 is 0 Å². The van der Waals surface area contributed by atoms with Gasteiger partial charge >= 0.3 is 0 Å². The molecule has 1 fully saturated rings. The standard InChI is InChI=1S/C26H24F3N5O4S/c27-16-4-5-20(28)23(13-16)39(36,37)34-21-3-1-2-18(24(21)29)25(30)19(14-33-17-7-10-38-11-8-17)15-6-9-32-22(12-15)26(31)35/h1-6,9,12-14,17,19,30,34H,7-8,10-11H2,(H2,31,35). The number of aromatic nitrogens is 1. The molecule has 0 radical (unpaired) electrons. The van der Waals surface area contributed by atoms with Crippen LogP contribution < -0.4 is 10.5 Å². The van der Waals surface area contributed by atoms with E-state index in [-0.39, 0.29) is 23.0 Å². The Hall–Kier alpha value is -4.10. The van der Waals surface area contributed by atoms with E-state index in [0.717, 1.165) is 12.1 Å². The lowest BCUT2D eigenvalue weighted by molar-refractivity contribution is 0.0871. The summed E-state index contributed by atoms with van der Waals surface area (Å²) in [6.07, 6.45) is 4.10. The fourth-order valence-electron chi connectivity index (χ4n) is 4.01. The predicted molar refractivity (Wildman–Crippen MR) is 138 cm³/mol. The van der Waals surface area contributed by atoms with Gasteiger partial charge in [0, 0.05) is 31.2 Å². The lowest BCUT2D eigenvalue weighted by Gasteiger charge is -2.21. The number of sulfonamides is 1. The number of hydrogen-bond acceptors (Lipinski definition) is 7. The number of carbonyl (C=O) groups is 1. The van der Waals surface area contributed by atoms with Crippen molar-refractivity contribution in [2.24, 2.45) is 10.7 Å². The number of aliphatic imine (C=N–C) groups is 1. The quantitative estimate of drug-likeness (QED) is 0.341. The first-order valence-electron chi connectivity index (χ1n) is 11.8. The maximum atomic E-state index is 15.6. The molecule has 0 spiro atoms. The summed E-state index contributed by atoms with van der Waals surface area (Å²) in [7, 11) is -4.72. The fraction of sp³-hybridized carbons (Fsp3) is 0.231. The Morgan fingerprint density at radius 3 is 2.62 bits per heavy atom. The molecule has 1 aromatic heterocycles. The third kappa shape index (κ3) is 6.49. The van der Waals surface area contributed by atoms with Crippen molar-refractivity contribution >= 4 is 33.5 Å². The van der Waals surface area contributed by atoms with E-state index >= 15 is 4.39 Å². The minimum absolute atomic E-state index is 0.0659. The fourth-order valence-corrected chi connectivity index (χ4v) is 5.16. The first kappa shape index (κ1) is 27.9. The van der Waals surface area contributed by atoms with E-state index in [4.69, 9.17) is 15.9 Å². The molecule has 1 amide bonds. The van der Waals surface area contributed by atoms with Gasteiger partial charge in [-0.25, -0.2) is 21.6 Å². The first-order valence-corrected chi connectivity index (χ1v) is 13.3. The van der Waals surface area contributed by atoms with E-state index < -0.39 is 49.9 Å². The molecule has 4 N–H and O–H groups in total. The number of rotatable bonds is 9. The van der Waals surface area contributed by atoms with Gasteiger partial charge in [-0.2, -0.15) is 0 Å². The number of ether oxygens (including phenoxy) is 1.